The molecule has 0 saturated heterocycles. The number of aryl methyl sites for hydroxylation is 1. The van der Waals surface area contributed by atoms with Gasteiger partial charge in [-0.3, -0.25) is 4.98 Å². The molecule has 0 spiro atoms. The Morgan fingerprint density at radius 1 is 1.42 bits per heavy atom. The standard InChI is InChI=1S/C15H19N3S/c1-2-9-16-11-7-5-8-12-14(11)19-15(18-12)13-6-3-4-10-17-13/h3-4,6,10-11,16H,2,5,7-9H2,1H3. The molecule has 2 heterocycles. The van der Waals surface area contributed by atoms with Crippen LogP contribution in [0.3, 0.4) is 0 Å². The van der Waals surface area contributed by atoms with Gasteiger partial charge in [-0.1, -0.05) is 13.0 Å². The summed E-state index contributed by atoms with van der Waals surface area (Å²) in [5, 5.41) is 4.71. The molecule has 19 heavy (non-hydrogen) atoms. The summed E-state index contributed by atoms with van der Waals surface area (Å²) in [7, 11) is 0. The Morgan fingerprint density at radius 3 is 3.16 bits per heavy atom. The molecule has 1 unspecified atom stereocenters. The SMILES string of the molecule is CCCNC1CCCc2nc(-c3ccccn3)sc21. The van der Waals surface area contributed by atoms with Crippen molar-refractivity contribution in [3.63, 3.8) is 0 Å². The van der Waals surface area contributed by atoms with Crippen molar-refractivity contribution < 1.29 is 0 Å². The smallest absolute Gasteiger partial charge is 0.142 e. The summed E-state index contributed by atoms with van der Waals surface area (Å²) in [6.07, 6.45) is 6.60. The molecule has 0 aromatic carbocycles. The predicted molar refractivity (Wildman–Crippen MR) is 79.3 cm³/mol. The van der Waals surface area contributed by atoms with Crippen LogP contribution in [0.5, 0.6) is 0 Å². The monoisotopic (exact) mass is 273 g/mol. The summed E-state index contributed by atoms with van der Waals surface area (Å²) in [6, 6.07) is 6.51. The van der Waals surface area contributed by atoms with E-state index in [0.717, 1.165) is 23.7 Å². The van der Waals surface area contributed by atoms with Crippen LogP contribution in [0.1, 0.15) is 42.8 Å². The van der Waals surface area contributed by atoms with Crippen molar-refractivity contribution in [1.29, 1.82) is 0 Å². The van der Waals surface area contributed by atoms with Crippen molar-refractivity contribution in [3.05, 3.63) is 35.0 Å². The molecule has 2 aromatic rings. The first-order chi connectivity index (χ1) is 9.38. The fraction of sp³-hybridized carbons (Fsp3) is 0.467. The van der Waals surface area contributed by atoms with Crippen molar-refractivity contribution in [2.45, 2.75) is 38.6 Å². The van der Waals surface area contributed by atoms with Gasteiger partial charge >= 0.3 is 0 Å². The summed E-state index contributed by atoms with van der Waals surface area (Å²) in [6.45, 7) is 3.30. The topological polar surface area (TPSA) is 37.8 Å². The van der Waals surface area contributed by atoms with E-state index < -0.39 is 0 Å². The van der Waals surface area contributed by atoms with Gasteiger partial charge in [0.2, 0.25) is 0 Å². The number of aromatic nitrogens is 2. The van der Waals surface area contributed by atoms with E-state index in [4.69, 9.17) is 4.98 Å². The molecule has 0 saturated carbocycles. The highest BCUT2D eigenvalue weighted by atomic mass is 32.1. The molecule has 0 aliphatic heterocycles. The second-order valence-corrected chi connectivity index (χ2v) is 5.97. The average Bonchev–Trinajstić information content (AvgIpc) is 2.90. The van der Waals surface area contributed by atoms with E-state index in [2.05, 4.69) is 17.2 Å². The summed E-state index contributed by atoms with van der Waals surface area (Å²) in [4.78, 5) is 10.6. The zero-order valence-corrected chi connectivity index (χ0v) is 12.0. The Morgan fingerprint density at radius 2 is 2.37 bits per heavy atom. The number of nitrogens with one attached hydrogen (secondary N) is 1. The third-order valence-corrected chi connectivity index (χ3v) is 4.71. The number of hydrogen-bond acceptors (Lipinski definition) is 4. The van der Waals surface area contributed by atoms with Crippen LogP contribution in [0.4, 0.5) is 0 Å². The molecule has 0 fully saturated rings. The maximum Gasteiger partial charge on any atom is 0.142 e. The van der Waals surface area contributed by atoms with Crippen LogP contribution in [0.2, 0.25) is 0 Å². The molecule has 1 N–H and O–H groups in total. The third-order valence-electron chi connectivity index (χ3n) is 3.48. The highest BCUT2D eigenvalue weighted by Gasteiger charge is 2.24. The zero-order valence-electron chi connectivity index (χ0n) is 11.2. The van der Waals surface area contributed by atoms with Gasteiger partial charge in [0.15, 0.2) is 0 Å². The van der Waals surface area contributed by atoms with E-state index in [-0.39, 0.29) is 0 Å². The van der Waals surface area contributed by atoms with E-state index >= 15 is 0 Å². The van der Waals surface area contributed by atoms with Crippen LogP contribution in [0.25, 0.3) is 10.7 Å². The van der Waals surface area contributed by atoms with Crippen molar-refractivity contribution in [3.8, 4) is 10.7 Å². The number of fused-ring (bicyclic) bond motifs is 1. The summed E-state index contributed by atoms with van der Waals surface area (Å²) in [5.74, 6) is 0. The largest absolute Gasteiger partial charge is 0.309 e. The molecule has 1 atom stereocenters. The fourth-order valence-corrected chi connectivity index (χ4v) is 3.73. The minimum absolute atomic E-state index is 0.499. The Bertz CT molecular complexity index is 536. The normalized spacial score (nSPS) is 18.3. The van der Waals surface area contributed by atoms with Crippen molar-refractivity contribution in [2.75, 3.05) is 6.54 Å². The maximum atomic E-state index is 4.80. The number of pyridine rings is 1. The molecular formula is C15H19N3S. The number of hydrogen-bond donors (Lipinski definition) is 1. The second-order valence-electron chi connectivity index (χ2n) is 4.94. The first-order valence-corrected chi connectivity index (χ1v) is 7.84. The highest BCUT2D eigenvalue weighted by molar-refractivity contribution is 7.15. The first kappa shape index (κ1) is 12.8. The number of rotatable bonds is 4. The molecule has 0 amide bonds. The lowest BCUT2D eigenvalue weighted by atomic mass is 9.98. The maximum absolute atomic E-state index is 4.80. The molecule has 100 valence electrons. The molecule has 4 heteroatoms. The van der Waals surface area contributed by atoms with Crippen molar-refractivity contribution >= 4 is 11.3 Å². The average molecular weight is 273 g/mol. The Labute approximate surface area is 118 Å². The van der Waals surface area contributed by atoms with Gasteiger partial charge in [0.25, 0.3) is 0 Å². The van der Waals surface area contributed by atoms with Gasteiger partial charge in [0.1, 0.15) is 5.01 Å². The van der Waals surface area contributed by atoms with Crippen LogP contribution in [-0.2, 0) is 6.42 Å². The molecule has 3 nitrogen and oxygen atoms in total. The minimum atomic E-state index is 0.499. The van der Waals surface area contributed by atoms with E-state index in [1.54, 1.807) is 0 Å². The van der Waals surface area contributed by atoms with Gasteiger partial charge in [-0.05, 0) is 44.4 Å². The third kappa shape index (κ3) is 2.69. The Hall–Kier alpha value is -1.26. The van der Waals surface area contributed by atoms with Gasteiger partial charge in [-0.25, -0.2) is 4.98 Å². The number of nitrogens with zero attached hydrogens (tertiary/aromatic N) is 2. The summed E-state index contributed by atoms with van der Waals surface area (Å²) in [5.41, 5.74) is 2.28. The first-order valence-electron chi connectivity index (χ1n) is 7.03. The minimum Gasteiger partial charge on any atom is -0.309 e. The molecule has 2 aromatic heterocycles. The summed E-state index contributed by atoms with van der Waals surface area (Å²) >= 11 is 1.81. The lowest BCUT2D eigenvalue weighted by Gasteiger charge is -2.22. The van der Waals surface area contributed by atoms with E-state index in [1.807, 2.05) is 35.7 Å². The molecule has 0 radical (unpaired) electrons. The Kier molecular flexibility index (Phi) is 3.89. The fourth-order valence-electron chi connectivity index (χ4n) is 2.53. The highest BCUT2D eigenvalue weighted by Crippen LogP contribution is 2.37. The lowest BCUT2D eigenvalue weighted by molar-refractivity contribution is 0.465. The van der Waals surface area contributed by atoms with Gasteiger partial charge in [-0.2, -0.15) is 0 Å². The van der Waals surface area contributed by atoms with Crippen LogP contribution in [-0.4, -0.2) is 16.5 Å². The quantitative estimate of drug-likeness (QED) is 0.925. The molecule has 3 rings (SSSR count). The van der Waals surface area contributed by atoms with Crippen LogP contribution in [0.15, 0.2) is 24.4 Å². The van der Waals surface area contributed by atoms with Gasteiger partial charge in [0.05, 0.1) is 11.4 Å². The van der Waals surface area contributed by atoms with Gasteiger partial charge < -0.3 is 5.32 Å². The van der Waals surface area contributed by atoms with Gasteiger partial charge in [0, 0.05) is 17.1 Å². The zero-order chi connectivity index (χ0) is 13.1. The molecule has 1 aliphatic rings. The Balaban J connectivity index is 1.89. The molecular weight excluding hydrogens is 254 g/mol. The van der Waals surface area contributed by atoms with E-state index in [9.17, 15) is 0 Å². The summed E-state index contributed by atoms with van der Waals surface area (Å²) < 4.78 is 0. The van der Waals surface area contributed by atoms with Crippen LogP contribution >= 0.6 is 11.3 Å². The van der Waals surface area contributed by atoms with E-state index in [0.29, 0.717) is 6.04 Å². The van der Waals surface area contributed by atoms with Crippen molar-refractivity contribution in [1.82, 2.24) is 15.3 Å². The van der Waals surface area contributed by atoms with Crippen molar-refractivity contribution in [2.24, 2.45) is 0 Å². The predicted octanol–water partition coefficient (Wildman–Crippen LogP) is 3.58. The molecule has 1 aliphatic carbocycles. The van der Waals surface area contributed by atoms with E-state index in [1.165, 1.54) is 29.8 Å². The van der Waals surface area contributed by atoms with Crippen LogP contribution in [0, 0.1) is 0 Å². The lowest BCUT2D eigenvalue weighted by Crippen LogP contribution is -2.24. The molecule has 0 bridgehead atoms. The van der Waals surface area contributed by atoms with Gasteiger partial charge in [-0.15, -0.1) is 11.3 Å². The number of thiazole rings is 1. The second kappa shape index (κ2) is 5.80. The van der Waals surface area contributed by atoms with Crippen LogP contribution < -0.4 is 5.32 Å².